The van der Waals surface area contributed by atoms with Gasteiger partial charge in [0.1, 0.15) is 0 Å². The van der Waals surface area contributed by atoms with Gasteiger partial charge >= 0.3 is 0 Å². The molecule has 16 heavy (non-hydrogen) atoms. The summed E-state index contributed by atoms with van der Waals surface area (Å²) in [5.41, 5.74) is 0. The Bertz CT molecular complexity index is 184. The molecule has 94 valence electrons. The summed E-state index contributed by atoms with van der Waals surface area (Å²) in [5.74, 6) is 2.93. The van der Waals surface area contributed by atoms with Crippen molar-refractivity contribution in [2.45, 2.75) is 64.7 Å². The fraction of sp³-hybridized carbons (Fsp3) is 1.00. The van der Waals surface area contributed by atoms with Crippen LogP contribution in [0, 0.1) is 17.8 Å². The van der Waals surface area contributed by atoms with Gasteiger partial charge in [-0.25, -0.2) is 0 Å². The fourth-order valence-electron chi connectivity index (χ4n) is 3.90. The first kappa shape index (κ1) is 12.4. The highest BCUT2D eigenvalue weighted by Gasteiger charge is 2.32. The number of hydrogen-bond acceptors (Lipinski definition) is 1. The maximum absolute atomic E-state index is 5.69. The molecule has 0 amide bonds. The molecule has 0 aromatic rings. The molecule has 0 aromatic heterocycles. The van der Waals surface area contributed by atoms with Gasteiger partial charge in [-0.2, -0.15) is 0 Å². The van der Waals surface area contributed by atoms with Gasteiger partial charge in [-0.1, -0.05) is 44.9 Å². The van der Waals surface area contributed by atoms with Crippen molar-refractivity contribution in [3.8, 4) is 0 Å². The van der Waals surface area contributed by atoms with E-state index in [9.17, 15) is 0 Å². The molecule has 2 fully saturated rings. The lowest BCUT2D eigenvalue weighted by Gasteiger charge is -2.39. The molecule has 0 radical (unpaired) electrons. The highest BCUT2D eigenvalue weighted by Crippen LogP contribution is 2.41. The second kappa shape index (κ2) is 6.64. The molecule has 0 spiro atoms. The topological polar surface area (TPSA) is 9.23 Å². The van der Waals surface area contributed by atoms with E-state index >= 15 is 0 Å². The number of rotatable bonds is 4. The van der Waals surface area contributed by atoms with E-state index in [0.717, 1.165) is 31.0 Å². The van der Waals surface area contributed by atoms with Gasteiger partial charge < -0.3 is 4.74 Å². The van der Waals surface area contributed by atoms with E-state index in [1.165, 1.54) is 57.8 Å². The standard InChI is InChI=1S/C15H28O/c1-2-16-12-14-10-6-7-11-15(14)13-8-4-3-5-9-13/h13-15H,2-12H2,1H3. The lowest BCUT2D eigenvalue weighted by atomic mass is 9.68. The van der Waals surface area contributed by atoms with Crippen LogP contribution in [0.5, 0.6) is 0 Å². The van der Waals surface area contributed by atoms with Gasteiger partial charge in [0.05, 0.1) is 0 Å². The van der Waals surface area contributed by atoms with Crippen LogP contribution in [-0.4, -0.2) is 13.2 Å². The molecular weight excluding hydrogens is 196 g/mol. The zero-order valence-electron chi connectivity index (χ0n) is 10.9. The Labute approximate surface area is 101 Å². The first-order valence-corrected chi connectivity index (χ1v) is 7.49. The Morgan fingerprint density at radius 1 is 0.875 bits per heavy atom. The molecule has 2 atom stereocenters. The molecule has 0 saturated heterocycles. The zero-order valence-corrected chi connectivity index (χ0v) is 10.9. The van der Waals surface area contributed by atoms with Crippen LogP contribution in [0.25, 0.3) is 0 Å². The Morgan fingerprint density at radius 3 is 2.31 bits per heavy atom. The van der Waals surface area contributed by atoms with Gasteiger partial charge in [0.15, 0.2) is 0 Å². The smallest absolute Gasteiger partial charge is 0.0496 e. The molecule has 0 N–H and O–H groups in total. The van der Waals surface area contributed by atoms with Crippen molar-refractivity contribution in [1.82, 2.24) is 0 Å². The predicted molar refractivity (Wildman–Crippen MR) is 68.5 cm³/mol. The van der Waals surface area contributed by atoms with Crippen molar-refractivity contribution in [3.63, 3.8) is 0 Å². The lowest BCUT2D eigenvalue weighted by molar-refractivity contribution is 0.0369. The quantitative estimate of drug-likeness (QED) is 0.687. The normalized spacial score (nSPS) is 32.8. The second-order valence-electron chi connectivity index (χ2n) is 5.77. The number of hydrogen-bond donors (Lipinski definition) is 0. The summed E-state index contributed by atoms with van der Waals surface area (Å²) in [7, 11) is 0. The lowest BCUT2D eigenvalue weighted by Crippen LogP contribution is -2.31. The summed E-state index contributed by atoms with van der Waals surface area (Å²) in [5, 5.41) is 0. The van der Waals surface area contributed by atoms with Gasteiger partial charge in [-0.15, -0.1) is 0 Å². The van der Waals surface area contributed by atoms with E-state index in [0.29, 0.717) is 0 Å². The first-order valence-electron chi connectivity index (χ1n) is 7.49. The van der Waals surface area contributed by atoms with Gasteiger partial charge in [-0.05, 0) is 37.5 Å². The second-order valence-corrected chi connectivity index (χ2v) is 5.77. The van der Waals surface area contributed by atoms with Crippen molar-refractivity contribution in [1.29, 1.82) is 0 Å². The third-order valence-corrected chi connectivity index (χ3v) is 4.76. The molecule has 1 nitrogen and oxygen atoms in total. The van der Waals surface area contributed by atoms with Crippen LogP contribution in [0.4, 0.5) is 0 Å². The molecule has 2 aliphatic carbocycles. The van der Waals surface area contributed by atoms with Crippen LogP contribution in [0.2, 0.25) is 0 Å². The highest BCUT2D eigenvalue weighted by molar-refractivity contribution is 4.82. The fourth-order valence-corrected chi connectivity index (χ4v) is 3.90. The van der Waals surface area contributed by atoms with Crippen molar-refractivity contribution >= 4 is 0 Å². The summed E-state index contributed by atoms with van der Waals surface area (Å²) >= 11 is 0. The van der Waals surface area contributed by atoms with E-state index in [-0.39, 0.29) is 0 Å². The van der Waals surface area contributed by atoms with Crippen molar-refractivity contribution in [3.05, 3.63) is 0 Å². The first-order chi connectivity index (χ1) is 7.92. The maximum atomic E-state index is 5.69. The summed E-state index contributed by atoms with van der Waals surface area (Å²) in [6.07, 6.45) is 13.3. The molecule has 2 unspecified atom stereocenters. The largest absolute Gasteiger partial charge is 0.381 e. The summed E-state index contributed by atoms with van der Waals surface area (Å²) in [4.78, 5) is 0. The minimum atomic E-state index is 0.886. The molecule has 0 aromatic carbocycles. The zero-order chi connectivity index (χ0) is 11.2. The molecule has 0 aliphatic heterocycles. The molecule has 2 aliphatic rings. The average Bonchev–Trinajstić information content (AvgIpc) is 2.38. The van der Waals surface area contributed by atoms with Crippen LogP contribution in [0.1, 0.15) is 64.7 Å². The monoisotopic (exact) mass is 224 g/mol. The Balaban J connectivity index is 1.86. The number of ether oxygens (including phenoxy) is 1. The van der Waals surface area contributed by atoms with Crippen LogP contribution in [-0.2, 0) is 4.74 Å². The SMILES string of the molecule is CCOCC1CCCCC1C1CCCCC1. The van der Waals surface area contributed by atoms with E-state index in [2.05, 4.69) is 6.92 Å². The van der Waals surface area contributed by atoms with E-state index in [1.807, 2.05) is 0 Å². The summed E-state index contributed by atoms with van der Waals surface area (Å²) in [6, 6.07) is 0. The van der Waals surface area contributed by atoms with E-state index in [1.54, 1.807) is 0 Å². The molecule has 0 heterocycles. The average molecular weight is 224 g/mol. The maximum Gasteiger partial charge on any atom is 0.0496 e. The molecule has 2 saturated carbocycles. The summed E-state index contributed by atoms with van der Waals surface area (Å²) in [6.45, 7) is 4.06. The van der Waals surface area contributed by atoms with Gasteiger partial charge in [0.2, 0.25) is 0 Å². The highest BCUT2D eigenvalue weighted by atomic mass is 16.5. The predicted octanol–water partition coefficient (Wildman–Crippen LogP) is 4.41. The Kier molecular flexibility index (Phi) is 5.15. The minimum Gasteiger partial charge on any atom is -0.381 e. The van der Waals surface area contributed by atoms with Gasteiger partial charge in [0.25, 0.3) is 0 Å². The molecular formula is C15H28O. The Morgan fingerprint density at radius 2 is 1.56 bits per heavy atom. The van der Waals surface area contributed by atoms with Gasteiger partial charge in [-0.3, -0.25) is 0 Å². The van der Waals surface area contributed by atoms with Crippen molar-refractivity contribution < 1.29 is 4.74 Å². The van der Waals surface area contributed by atoms with Crippen LogP contribution < -0.4 is 0 Å². The molecule has 2 rings (SSSR count). The van der Waals surface area contributed by atoms with Crippen LogP contribution in [0.15, 0.2) is 0 Å². The Hall–Kier alpha value is -0.0400. The van der Waals surface area contributed by atoms with Gasteiger partial charge in [0, 0.05) is 13.2 Å². The third-order valence-electron chi connectivity index (χ3n) is 4.76. The van der Waals surface area contributed by atoms with Crippen LogP contribution in [0.3, 0.4) is 0 Å². The van der Waals surface area contributed by atoms with E-state index < -0.39 is 0 Å². The molecule has 1 heteroatoms. The van der Waals surface area contributed by atoms with Crippen molar-refractivity contribution in [2.24, 2.45) is 17.8 Å². The summed E-state index contributed by atoms with van der Waals surface area (Å²) < 4.78 is 5.69. The minimum absolute atomic E-state index is 0.886. The van der Waals surface area contributed by atoms with E-state index in [4.69, 9.17) is 4.74 Å². The van der Waals surface area contributed by atoms with Crippen molar-refractivity contribution in [2.75, 3.05) is 13.2 Å². The third kappa shape index (κ3) is 3.23. The van der Waals surface area contributed by atoms with Crippen LogP contribution >= 0.6 is 0 Å². The molecule has 0 bridgehead atoms.